The molecule has 0 aliphatic heterocycles. The van der Waals surface area contributed by atoms with Crippen molar-refractivity contribution in [2.24, 2.45) is 0 Å². The van der Waals surface area contributed by atoms with Gasteiger partial charge < -0.3 is 19.5 Å². The Morgan fingerprint density at radius 2 is 1.56 bits per heavy atom. The first-order chi connectivity index (χ1) is 12.0. The fourth-order valence-corrected chi connectivity index (χ4v) is 2.94. The van der Waals surface area contributed by atoms with E-state index in [2.05, 4.69) is 5.32 Å². The predicted molar refractivity (Wildman–Crippen MR) is 92.0 cm³/mol. The molecule has 0 aromatic heterocycles. The lowest BCUT2D eigenvalue weighted by molar-refractivity contribution is -0.118. The van der Waals surface area contributed by atoms with Gasteiger partial charge in [-0.3, -0.25) is 4.79 Å². The van der Waals surface area contributed by atoms with Crippen molar-refractivity contribution in [2.45, 2.75) is 18.3 Å². The van der Waals surface area contributed by atoms with Crippen LogP contribution in [0.3, 0.4) is 0 Å². The number of carbonyl (C=O) groups excluding carboxylic acids is 1. The van der Waals surface area contributed by atoms with Crippen LogP contribution in [0, 0.1) is 5.82 Å². The summed E-state index contributed by atoms with van der Waals surface area (Å²) >= 11 is 0. The molecule has 25 heavy (non-hydrogen) atoms. The van der Waals surface area contributed by atoms with E-state index in [4.69, 9.17) is 14.2 Å². The molecule has 0 spiro atoms. The average molecular weight is 345 g/mol. The number of carbonyl (C=O) groups is 1. The molecule has 1 amide bonds. The number of hydrogen-bond donors (Lipinski definition) is 1. The Bertz CT molecular complexity index is 760. The van der Waals surface area contributed by atoms with Gasteiger partial charge in [-0.15, -0.1) is 0 Å². The molecular weight excluding hydrogens is 325 g/mol. The van der Waals surface area contributed by atoms with Crippen molar-refractivity contribution < 1.29 is 23.4 Å². The van der Waals surface area contributed by atoms with Crippen molar-refractivity contribution in [3.63, 3.8) is 0 Å². The third kappa shape index (κ3) is 3.12. The molecule has 0 heterocycles. The van der Waals surface area contributed by atoms with Gasteiger partial charge in [0, 0.05) is 17.8 Å². The Kier molecular flexibility index (Phi) is 4.53. The van der Waals surface area contributed by atoms with Crippen molar-refractivity contribution in [3.8, 4) is 17.2 Å². The molecule has 6 heteroatoms. The van der Waals surface area contributed by atoms with Gasteiger partial charge >= 0.3 is 0 Å². The van der Waals surface area contributed by atoms with Gasteiger partial charge in [0.25, 0.3) is 0 Å². The number of benzene rings is 2. The largest absolute Gasteiger partial charge is 0.493 e. The minimum atomic E-state index is -0.603. The first-order valence-corrected chi connectivity index (χ1v) is 7.91. The number of ether oxygens (including phenoxy) is 3. The van der Waals surface area contributed by atoms with Crippen LogP contribution < -0.4 is 19.5 Å². The van der Waals surface area contributed by atoms with Gasteiger partial charge in [-0.2, -0.15) is 0 Å². The normalized spacial score (nSPS) is 14.6. The van der Waals surface area contributed by atoms with Crippen LogP contribution in [0.2, 0.25) is 0 Å². The molecule has 3 rings (SSSR count). The molecule has 1 N–H and O–H groups in total. The van der Waals surface area contributed by atoms with Gasteiger partial charge in [0.1, 0.15) is 5.82 Å². The first-order valence-electron chi connectivity index (χ1n) is 7.91. The molecule has 2 aromatic carbocycles. The highest BCUT2D eigenvalue weighted by atomic mass is 19.1. The second kappa shape index (κ2) is 6.63. The van der Waals surface area contributed by atoms with Gasteiger partial charge in [0.15, 0.2) is 11.5 Å². The number of amides is 1. The molecule has 1 fully saturated rings. The van der Waals surface area contributed by atoms with Crippen LogP contribution in [0.25, 0.3) is 0 Å². The maximum absolute atomic E-state index is 13.1. The zero-order valence-electron chi connectivity index (χ0n) is 14.4. The van der Waals surface area contributed by atoms with E-state index in [9.17, 15) is 9.18 Å². The molecule has 0 unspecified atom stereocenters. The lowest BCUT2D eigenvalue weighted by Gasteiger charge is -2.18. The molecule has 1 aliphatic rings. The lowest BCUT2D eigenvalue weighted by atomic mass is 9.95. The fourth-order valence-electron chi connectivity index (χ4n) is 2.94. The highest BCUT2D eigenvalue weighted by Gasteiger charge is 2.51. The second-order valence-electron chi connectivity index (χ2n) is 5.96. The topological polar surface area (TPSA) is 56.8 Å². The minimum absolute atomic E-state index is 0.131. The van der Waals surface area contributed by atoms with E-state index in [0.29, 0.717) is 22.9 Å². The van der Waals surface area contributed by atoms with Gasteiger partial charge in [-0.05, 0) is 30.5 Å². The molecule has 0 radical (unpaired) electrons. The molecule has 1 aliphatic carbocycles. The van der Waals surface area contributed by atoms with E-state index in [1.165, 1.54) is 33.5 Å². The van der Waals surface area contributed by atoms with Crippen molar-refractivity contribution >= 4 is 11.6 Å². The Morgan fingerprint density at radius 1 is 1.00 bits per heavy atom. The smallest absolute Gasteiger partial charge is 0.235 e. The monoisotopic (exact) mass is 345 g/mol. The number of nitrogens with one attached hydrogen (secondary N) is 1. The van der Waals surface area contributed by atoms with Crippen molar-refractivity contribution in [1.29, 1.82) is 0 Å². The highest BCUT2D eigenvalue weighted by Crippen LogP contribution is 2.49. The lowest BCUT2D eigenvalue weighted by Crippen LogP contribution is -2.27. The molecule has 5 nitrogen and oxygen atoms in total. The minimum Gasteiger partial charge on any atom is -0.493 e. The number of halogens is 1. The number of hydrogen-bond acceptors (Lipinski definition) is 4. The third-order valence-corrected chi connectivity index (χ3v) is 4.50. The van der Waals surface area contributed by atoms with Crippen LogP contribution in [-0.2, 0) is 10.2 Å². The summed E-state index contributed by atoms with van der Waals surface area (Å²) in [6, 6.07) is 9.44. The number of rotatable bonds is 6. The number of anilines is 1. The van der Waals surface area contributed by atoms with Crippen LogP contribution in [0.1, 0.15) is 18.4 Å². The molecule has 2 aromatic rings. The zero-order valence-corrected chi connectivity index (χ0v) is 14.4. The van der Waals surface area contributed by atoms with Crippen molar-refractivity contribution in [3.05, 3.63) is 47.8 Å². The standard InChI is InChI=1S/C19H20FNO4/c1-23-15-10-14(11-16(24-2)17(15)25-3)21-18(22)19(8-9-19)12-4-6-13(20)7-5-12/h4-7,10-11H,8-9H2,1-3H3,(H,21,22). The van der Waals surface area contributed by atoms with Crippen molar-refractivity contribution in [2.75, 3.05) is 26.6 Å². The van der Waals surface area contributed by atoms with E-state index in [-0.39, 0.29) is 11.7 Å². The molecule has 132 valence electrons. The summed E-state index contributed by atoms with van der Waals surface area (Å²) in [5.74, 6) is 0.938. The molecular formula is C19H20FNO4. The van der Waals surface area contributed by atoms with Gasteiger partial charge in [0.2, 0.25) is 11.7 Å². The van der Waals surface area contributed by atoms with E-state index in [1.54, 1.807) is 24.3 Å². The van der Waals surface area contributed by atoms with Crippen molar-refractivity contribution in [1.82, 2.24) is 0 Å². The predicted octanol–water partition coefficient (Wildman–Crippen LogP) is 3.52. The van der Waals surface area contributed by atoms with E-state index >= 15 is 0 Å². The Hall–Kier alpha value is -2.76. The Labute approximate surface area is 145 Å². The van der Waals surface area contributed by atoms with Crippen LogP contribution in [0.5, 0.6) is 17.2 Å². The third-order valence-electron chi connectivity index (χ3n) is 4.50. The van der Waals surface area contributed by atoms with Gasteiger partial charge in [0.05, 0.1) is 26.7 Å². The van der Waals surface area contributed by atoms with Crippen LogP contribution >= 0.6 is 0 Å². The highest BCUT2D eigenvalue weighted by molar-refractivity contribution is 6.01. The Morgan fingerprint density at radius 3 is 2.00 bits per heavy atom. The summed E-state index contributed by atoms with van der Waals surface area (Å²) in [7, 11) is 4.56. The summed E-state index contributed by atoms with van der Waals surface area (Å²) in [5.41, 5.74) is 0.764. The zero-order chi connectivity index (χ0) is 18.0. The quantitative estimate of drug-likeness (QED) is 0.870. The molecule has 1 saturated carbocycles. The van der Waals surface area contributed by atoms with Gasteiger partial charge in [-0.25, -0.2) is 4.39 Å². The molecule has 0 saturated heterocycles. The maximum atomic E-state index is 13.1. The van der Waals surface area contributed by atoms with Gasteiger partial charge in [-0.1, -0.05) is 12.1 Å². The second-order valence-corrected chi connectivity index (χ2v) is 5.96. The fraction of sp³-hybridized carbons (Fsp3) is 0.316. The summed E-state index contributed by atoms with van der Waals surface area (Å²) in [6.45, 7) is 0. The molecule has 0 atom stereocenters. The van der Waals surface area contributed by atoms with E-state index in [0.717, 1.165) is 18.4 Å². The van der Waals surface area contributed by atoms with E-state index in [1.807, 2.05) is 0 Å². The summed E-state index contributed by atoms with van der Waals surface area (Å²) < 4.78 is 29.0. The van der Waals surface area contributed by atoms with Crippen LogP contribution in [-0.4, -0.2) is 27.2 Å². The van der Waals surface area contributed by atoms with E-state index < -0.39 is 5.41 Å². The SMILES string of the molecule is COc1cc(NC(=O)C2(c3ccc(F)cc3)CC2)cc(OC)c1OC. The average Bonchev–Trinajstić information content (AvgIpc) is 3.43. The summed E-state index contributed by atoms with van der Waals surface area (Å²) in [4.78, 5) is 12.8. The van der Waals surface area contributed by atoms with Crippen LogP contribution in [0.15, 0.2) is 36.4 Å². The molecule has 0 bridgehead atoms. The first kappa shape index (κ1) is 17.1. The maximum Gasteiger partial charge on any atom is 0.235 e. The Balaban J connectivity index is 1.87. The summed E-state index contributed by atoms with van der Waals surface area (Å²) in [5, 5.41) is 2.91. The number of methoxy groups -OCH3 is 3. The van der Waals surface area contributed by atoms with Crippen LogP contribution in [0.4, 0.5) is 10.1 Å². The summed E-state index contributed by atoms with van der Waals surface area (Å²) in [6.07, 6.45) is 1.46.